The smallest absolute Gasteiger partial charge is 0.224 e. The fourth-order valence-corrected chi connectivity index (χ4v) is 1.36. The van der Waals surface area contributed by atoms with Gasteiger partial charge >= 0.3 is 0 Å². The lowest BCUT2D eigenvalue weighted by Crippen LogP contribution is -1.99. The van der Waals surface area contributed by atoms with Gasteiger partial charge in [0.2, 0.25) is 5.88 Å². The summed E-state index contributed by atoms with van der Waals surface area (Å²) in [6.07, 6.45) is 2.46. The molecule has 2 rings (SSSR count). The number of nitrogen functional groups attached to an aromatic ring is 1. The quantitative estimate of drug-likeness (QED) is 0.775. The highest BCUT2D eigenvalue weighted by atomic mass is 16.5. The first kappa shape index (κ1) is 9.71. The largest absolute Gasteiger partial charge is 0.477 e. The molecule has 0 radical (unpaired) electrons. The third-order valence-corrected chi connectivity index (χ3v) is 2.07. The van der Waals surface area contributed by atoms with E-state index in [0.717, 1.165) is 17.3 Å². The summed E-state index contributed by atoms with van der Waals surface area (Å²) in [6, 6.07) is 5.52. The SMILES string of the molecule is CCCOc1ncnc2ccc(N)cc12. The predicted octanol–water partition coefficient (Wildman–Crippen LogP) is 2.00. The fourth-order valence-electron chi connectivity index (χ4n) is 1.36. The molecule has 2 aromatic rings. The Morgan fingerprint density at radius 2 is 2.20 bits per heavy atom. The first-order valence-corrected chi connectivity index (χ1v) is 4.94. The molecule has 15 heavy (non-hydrogen) atoms. The minimum Gasteiger partial charge on any atom is -0.477 e. The molecule has 0 aliphatic rings. The summed E-state index contributed by atoms with van der Waals surface area (Å²) in [7, 11) is 0. The Morgan fingerprint density at radius 1 is 1.33 bits per heavy atom. The molecule has 0 bridgehead atoms. The summed E-state index contributed by atoms with van der Waals surface area (Å²) in [4.78, 5) is 8.24. The van der Waals surface area contributed by atoms with Gasteiger partial charge in [-0.2, -0.15) is 0 Å². The van der Waals surface area contributed by atoms with Gasteiger partial charge in [-0.1, -0.05) is 6.92 Å². The zero-order valence-corrected chi connectivity index (χ0v) is 8.60. The molecule has 78 valence electrons. The number of nitrogens with two attached hydrogens (primary N) is 1. The van der Waals surface area contributed by atoms with Gasteiger partial charge in [-0.05, 0) is 24.6 Å². The van der Waals surface area contributed by atoms with Crippen LogP contribution in [-0.4, -0.2) is 16.6 Å². The first-order valence-electron chi connectivity index (χ1n) is 4.94. The molecule has 4 heteroatoms. The van der Waals surface area contributed by atoms with E-state index in [-0.39, 0.29) is 0 Å². The Morgan fingerprint density at radius 3 is 3.00 bits per heavy atom. The molecule has 1 aromatic heterocycles. The second-order valence-corrected chi connectivity index (χ2v) is 3.30. The van der Waals surface area contributed by atoms with Crippen molar-refractivity contribution < 1.29 is 4.74 Å². The summed E-state index contributed by atoms with van der Waals surface area (Å²) in [5, 5.41) is 0.867. The van der Waals surface area contributed by atoms with E-state index in [1.165, 1.54) is 6.33 Å². The Hall–Kier alpha value is -1.84. The molecule has 0 amide bonds. The highest BCUT2D eigenvalue weighted by molar-refractivity contribution is 5.86. The molecular weight excluding hydrogens is 190 g/mol. The van der Waals surface area contributed by atoms with Crippen molar-refractivity contribution in [3.63, 3.8) is 0 Å². The van der Waals surface area contributed by atoms with Crippen molar-refractivity contribution >= 4 is 16.6 Å². The highest BCUT2D eigenvalue weighted by Gasteiger charge is 2.04. The monoisotopic (exact) mass is 203 g/mol. The molecule has 1 heterocycles. The lowest BCUT2D eigenvalue weighted by molar-refractivity contribution is 0.309. The Labute approximate surface area is 88.1 Å². The van der Waals surface area contributed by atoms with Crippen LogP contribution in [0.1, 0.15) is 13.3 Å². The third-order valence-electron chi connectivity index (χ3n) is 2.07. The molecule has 2 N–H and O–H groups in total. The molecule has 4 nitrogen and oxygen atoms in total. The number of nitrogens with zero attached hydrogens (tertiary/aromatic N) is 2. The zero-order valence-electron chi connectivity index (χ0n) is 8.60. The predicted molar refractivity (Wildman–Crippen MR) is 59.7 cm³/mol. The van der Waals surface area contributed by atoms with Crippen LogP contribution in [0.4, 0.5) is 5.69 Å². The van der Waals surface area contributed by atoms with Crippen molar-refractivity contribution in [2.24, 2.45) is 0 Å². The highest BCUT2D eigenvalue weighted by Crippen LogP contribution is 2.23. The zero-order chi connectivity index (χ0) is 10.7. The molecule has 0 spiro atoms. The van der Waals surface area contributed by atoms with Crippen LogP contribution < -0.4 is 10.5 Å². The van der Waals surface area contributed by atoms with E-state index in [4.69, 9.17) is 10.5 Å². The van der Waals surface area contributed by atoms with Crippen LogP contribution in [0, 0.1) is 0 Å². The number of anilines is 1. The number of benzene rings is 1. The van der Waals surface area contributed by atoms with Gasteiger partial charge in [-0.25, -0.2) is 9.97 Å². The van der Waals surface area contributed by atoms with Gasteiger partial charge in [-0.3, -0.25) is 0 Å². The van der Waals surface area contributed by atoms with Gasteiger partial charge in [0, 0.05) is 5.69 Å². The maximum absolute atomic E-state index is 5.71. The van der Waals surface area contributed by atoms with Crippen molar-refractivity contribution in [3.8, 4) is 5.88 Å². The molecule has 0 atom stereocenters. The van der Waals surface area contributed by atoms with E-state index in [9.17, 15) is 0 Å². The molecule has 0 saturated heterocycles. The van der Waals surface area contributed by atoms with Crippen LogP contribution in [-0.2, 0) is 0 Å². The normalized spacial score (nSPS) is 10.5. The minimum atomic E-state index is 0.606. The summed E-state index contributed by atoms with van der Waals surface area (Å²) >= 11 is 0. The van der Waals surface area contributed by atoms with Crippen molar-refractivity contribution in [1.82, 2.24) is 9.97 Å². The van der Waals surface area contributed by atoms with Gasteiger partial charge in [0.1, 0.15) is 6.33 Å². The Balaban J connectivity index is 2.48. The molecule has 0 fully saturated rings. The average molecular weight is 203 g/mol. The molecule has 0 aliphatic heterocycles. The van der Waals surface area contributed by atoms with E-state index in [2.05, 4.69) is 16.9 Å². The lowest BCUT2D eigenvalue weighted by atomic mass is 10.2. The first-order chi connectivity index (χ1) is 7.31. The van der Waals surface area contributed by atoms with Gasteiger partial charge in [0.25, 0.3) is 0 Å². The molecular formula is C11H13N3O. The van der Waals surface area contributed by atoms with Crippen LogP contribution in [0.2, 0.25) is 0 Å². The van der Waals surface area contributed by atoms with Gasteiger partial charge in [0.15, 0.2) is 0 Å². The van der Waals surface area contributed by atoms with Gasteiger partial charge < -0.3 is 10.5 Å². The number of hydrogen-bond acceptors (Lipinski definition) is 4. The van der Waals surface area contributed by atoms with E-state index in [0.29, 0.717) is 18.2 Å². The summed E-state index contributed by atoms with van der Waals surface area (Å²) in [5.41, 5.74) is 7.26. The van der Waals surface area contributed by atoms with Crippen molar-refractivity contribution in [3.05, 3.63) is 24.5 Å². The molecule has 0 aliphatic carbocycles. The van der Waals surface area contributed by atoms with E-state index in [1.54, 1.807) is 0 Å². The van der Waals surface area contributed by atoms with E-state index in [1.807, 2.05) is 18.2 Å². The number of aromatic nitrogens is 2. The Bertz CT molecular complexity index is 470. The molecule has 0 saturated carbocycles. The van der Waals surface area contributed by atoms with Crippen LogP contribution in [0.3, 0.4) is 0 Å². The second-order valence-electron chi connectivity index (χ2n) is 3.30. The molecule has 1 aromatic carbocycles. The maximum Gasteiger partial charge on any atom is 0.224 e. The average Bonchev–Trinajstić information content (AvgIpc) is 2.26. The van der Waals surface area contributed by atoms with Crippen molar-refractivity contribution in [2.75, 3.05) is 12.3 Å². The van der Waals surface area contributed by atoms with Gasteiger partial charge in [0.05, 0.1) is 17.5 Å². The van der Waals surface area contributed by atoms with Crippen molar-refractivity contribution in [1.29, 1.82) is 0 Å². The number of fused-ring (bicyclic) bond motifs is 1. The van der Waals surface area contributed by atoms with E-state index < -0.39 is 0 Å². The van der Waals surface area contributed by atoms with Gasteiger partial charge in [-0.15, -0.1) is 0 Å². The topological polar surface area (TPSA) is 61.0 Å². The van der Waals surface area contributed by atoms with Crippen LogP contribution in [0.5, 0.6) is 5.88 Å². The minimum absolute atomic E-state index is 0.606. The fraction of sp³-hybridized carbons (Fsp3) is 0.273. The van der Waals surface area contributed by atoms with Crippen LogP contribution in [0.15, 0.2) is 24.5 Å². The Kier molecular flexibility index (Phi) is 2.67. The summed E-state index contributed by atoms with van der Waals surface area (Å²) in [6.45, 7) is 2.71. The van der Waals surface area contributed by atoms with Crippen LogP contribution in [0.25, 0.3) is 10.9 Å². The summed E-state index contributed by atoms with van der Waals surface area (Å²) in [5.74, 6) is 0.606. The van der Waals surface area contributed by atoms with E-state index >= 15 is 0 Å². The number of rotatable bonds is 3. The lowest BCUT2D eigenvalue weighted by Gasteiger charge is -2.06. The molecule has 0 unspecified atom stereocenters. The van der Waals surface area contributed by atoms with Crippen LogP contribution >= 0.6 is 0 Å². The third kappa shape index (κ3) is 1.98. The standard InChI is InChI=1S/C11H13N3O/c1-2-5-15-11-9-6-8(12)3-4-10(9)13-7-14-11/h3-4,6-7H,2,5,12H2,1H3. The van der Waals surface area contributed by atoms with Crippen molar-refractivity contribution in [2.45, 2.75) is 13.3 Å². The summed E-state index contributed by atoms with van der Waals surface area (Å²) < 4.78 is 5.52. The number of ether oxygens (including phenoxy) is 1. The second kappa shape index (κ2) is 4.13. The number of hydrogen-bond donors (Lipinski definition) is 1. The maximum atomic E-state index is 5.71.